The fourth-order valence-corrected chi connectivity index (χ4v) is 1.88. The van der Waals surface area contributed by atoms with Gasteiger partial charge in [-0.1, -0.05) is 0 Å². The summed E-state index contributed by atoms with van der Waals surface area (Å²) in [5, 5.41) is 14.7. The number of aryl methyl sites for hydroxylation is 2. The Morgan fingerprint density at radius 3 is 2.30 bits per heavy atom. The number of nitrogens with zero attached hydrogens (tertiary/aromatic N) is 2. The Kier molecular flexibility index (Phi) is 5.45. The summed E-state index contributed by atoms with van der Waals surface area (Å²) < 4.78 is 0. The maximum absolute atomic E-state index is 11.8. The van der Waals surface area contributed by atoms with E-state index in [9.17, 15) is 14.5 Å². The van der Waals surface area contributed by atoms with Gasteiger partial charge < -0.3 is 10.4 Å². The minimum Gasteiger partial charge on any atom is -0.478 e. The van der Waals surface area contributed by atoms with Crippen molar-refractivity contribution in [1.29, 1.82) is 0 Å². The Morgan fingerprint density at radius 1 is 1.35 bits per heavy atom. The first-order valence-corrected chi connectivity index (χ1v) is 6.26. The number of carboxylic acids is 1. The molecule has 0 unspecified atom stereocenters. The van der Waals surface area contributed by atoms with E-state index in [4.69, 9.17) is 16.7 Å². The lowest BCUT2D eigenvalue weighted by Gasteiger charge is -2.16. The Labute approximate surface area is 120 Å². The smallest absolute Gasteiger partial charge is 0.344 e. The van der Waals surface area contributed by atoms with E-state index in [1.807, 2.05) is 0 Å². The van der Waals surface area contributed by atoms with Gasteiger partial charge in [-0.25, -0.2) is 9.59 Å². The Hall–Kier alpha value is -2.15. The molecular weight excluding hydrogens is 286 g/mol. The second-order valence-electron chi connectivity index (χ2n) is 4.11. The molecule has 7 nitrogen and oxygen atoms in total. The first kappa shape index (κ1) is 15.9. The van der Waals surface area contributed by atoms with Crippen molar-refractivity contribution >= 4 is 29.3 Å². The van der Waals surface area contributed by atoms with E-state index in [0.717, 1.165) is 0 Å². The van der Waals surface area contributed by atoms with E-state index in [0.29, 0.717) is 21.8 Å². The zero-order valence-electron chi connectivity index (χ0n) is 11.0. The number of rotatable bonds is 5. The third-order valence-corrected chi connectivity index (χ3v) is 2.81. The molecule has 8 heteroatoms. The molecular formula is C12H14ClN3O4. The lowest BCUT2D eigenvalue weighted by atomic mass is 10.0. The van der Waals surface area contributed by atoms with Crippen LogP contribution in [0.25, 0.3) is 0 Å². The lowest BCUT2D eigenvalue weighted by molar-refractivity contribution is 0.0696. The van der Waals surface area contributed by atoms with Crippen LogP contribution in [0.15, 0.2) is 17.4 Å². The number of hydrogen-bond acceptors (Lipinski definition) is 4. The van der Waals surface area contributed by atoms with Crippen molar-refractivity contribution in [2.24, 2.45) is 5.29 Å². The highest BCUT2D eigenvalue weighted by atomic mass is 35.5. The van der Waals surface area contributed by atoms with Crippen molar-refractivity contribution in [2.75, 3.05) is 17.7 Å². The Morgan fingerprint density at radius 2 is 1.90 bits per heavy atom. The molecule has 2 amide bonds. The molecule has 1 aromatic carbocycles. The van der Waals surface area contributed by atoms with Crippen molar-refractivity contribution in [3.8, 4) is 0 Å². The monoisotopic (exact) mass is 299 g/mol. The number of carbonyl (C=O) groups excluding carboxylic acids is 1. The Bertz CT molecular complexity index is 524. The second-order valence-corrected chi connectivity index (χ2v) is 4.49. The first-order chi connectivity index (χ1) is 9.40. The summed E-state index contributed by atoms with van der Waals surface area (Å²) in [6, 6.07) is 2.16. The molecule has 0 radical (unpaired) electrons. The molecule has 0 heterocycles. The predicted octanol–water partition coefficient (Wildman–Crippen LogP) is 2.76. The van der Waals surface area contributed by atoms with Crippen molar-refractivity contribution in [2.45, 2.75) is 13.8 Å². The van der Waals surface area contributed by atoms with Gasteiger partial charge in [0.15, 0.2) is 0 Å². The molecule has 0 aliphatic carbocycles. The summed E-state index contributed by atoms with van der Waals surface area (Å²) in [6.45, 7) is 3.31. The van der Waals surface area contributed by atoms with Crippen LogP contribution in [0.1, 0.15) is 21.5 Å². The van der Waals surface area contributed by atoms with Crippen LogP contribution in [0.2, 0.25) is 0 Å². The van der Waals surface area contributed by atoms with E-state index in [-0.39, 0.29) is 18.0 Å². The summed E-state index contributed by atoms with van der Waals surface area (Å²) in [4.78, 5) is 33.2. The number of benzene rings is 1. The highest BCUT2D eigenvalue weighted by molar-refractivity contribution is 6.18. The molecule has 0 saturated heterocycles. The number of nitrogens with one attached hydrogen (secondary N) is 1. The fourth-order valence-electron chi connectivity index (χ4n) is 1.72. The van der Waals surface area contributed by atoms with Gasteiger partial charge in [0.25, 0.3) is 0 Å². The van der Waals surface area contributed by atoms with Gasteiger partial charge in [0.2, 0.25) is 0 Å². The molecule has 0 aliphatic heterocycles. The SMILES string of the molecule is Cc1cc(C(=O)O)cc(C)c1NC(=O)N(CCCl)N=O. The van der Waals surface area contributed by atoms with E-state index >= 15 is 0 Å². The maximum atomic E-state index is 11.8. The second kappa shape index (κ2) is 6.85. The van der Waals surface area contributed by atoms with Crippen LogP contribution in [0.4, 0.5) is 10.5 Å². The number of urea groups is 1. The number of amides is 2. The molecule has 0 bridgehead atoms. The van der Waals surface area contributed by atoms with Gasteiger partial charge in [-0.05, 0) is 37.1 Å². The van der Waals surface area contributed by atoms with Gasteiger partial charge in [0, 0.05) is 11.6 Å². The summed E-state index contributed by atoms with van der Waals surface area (Å²) in [7, 11) is 0. The summed E-state index contributed by atoms with van der Waals surface area (Å²) >= 11 is 5.45. The third kappa shape index (κ3) is 3.67. The van der Waals surface area contributed by atoms with Crippen molar-refractivity contribution in [3.05, 3.63) is 33.7 Å². The largest absolute Gasteiger partial charge is 0.478 e. The number of halogens is 1. The van der Waals surface area contributed by atoms with E-state index < -0.39 is 12.0 Å². The number of anilines is 1. The molecule has 0 spiro atoms. The molecule has 1 aromatic rings. The van der Waals surface area contributed by atoms with E-state index in [2.05, 4.69) is 10.6 Å². The van der Waals surface area contributed by atoms with Crippen molar-refractivity contribution in [1.82, 2.24) is 5.01 Å². The number of nitroso groups, excluding NO2 is 1. The third-order valence-electron chi connectivity index (χ3n) is 2.64. The number of carbonyl (C=O) groups is 2. The summed E-state index contributed by atoms with van der Waals surface area (Å²) in [5.74, 6) is -0.970. The average molecular weight is 300 g/mol. The highest BCUT2D eigenvalue weighted by Gasteiger charge is 2.17. The molecule has 20 heavy (non-hydrogen) atoms. The van der Waals surface area contributed by atoms with Crippen LogP contribution in [-0.2, 0) is 0 Å². The molecule has 0 atom stereocenters. The van der Waals surface area contributed by atoms with Crippen LogP contribution in [0.5, 0.6) is 0 Å². The van der Waals surface area contributed by atoms with Gasteiger partial charge >= 0.3 is 12.0 Å². The molecule has 0 aliphatic rings. The summed E-state index contributed by atoms with van der Waals surface area (Å²) in [5.41, 5.74) is 1.73. The van der Waals surface area contributed by atoms with Crippen LogP contribution >= 0.6 is 11.6 Å². The molecule has 108 valence electrons. The summed E-state index contributed by atoms with van der Waals surface area (Å²) in [6.07, 6.45) is 0. The quantitative estimate of drug-likeness (QED) is 0.496. The van der Waals surface area contributed by atoms with Crippen LogP contribution in [0.3, 0.4) is 0 Å². The van der Waals surface area contributed by atoms with Crippen LogP contribution in [0, 0.1) is 18.8 Å². The minimum absolute atomic E-state index is 0.0117. The van der Waals surface area contributed by atoms with Crippen molar-refractivity contribution in [3.63, 3.8) is 0 Å². The van der Waals surface area contributed by atoms with Crippen LogP contribution < -0.4 is 5.32 Å². The standard InChI is InChI=1S/C12H14ClN3O4/c1-7-5-9(11(17)18)6-8(2)10(7)14-12(19)16(15-20)4-3-13/h5-6H,3-4H2,1-2H3,(H,14,19)(H,17,18). The molecule has 0 fully saturated rings. The van der Waals surface area contributed by atoms with Gasteiger partial charge in [0.1, 0.15) is 0 Å². The molecule has 0 aromatic heterocycles. The zero-order chi connectivity index (χ0) is 15.3. The minimum atomic E-state index is -1.05. The predicted molar refractivity (Wildman–Crippen MR) is 75.1 cm³/mol. The van der Waals surface area contributed by atoms with Gasteiger partial charge in [0.05, 0.1) is 17.4 Å². The zero-order valence-corrected chi connectivity index (χ0v) is 11.8. The van der Waals surface area contributed by atoms with Gasteiger partial charge in [-0.3, -0.25) is 0 Å². The molecule has 2 N–H and O–H groups in total. The Balaban J connectivity index is 3.01. The average Bonchev–Trinajstić information content (AvgIpc) is 2.39. The van der Waals surface area contributed by atoms with E-state index in [1.54, 1.807) is 13.8 Å². The number of carboxylic acid groups (broad SMARTS) is 1. The normalized spacial score (nSPS) is 9.95. The number of aromatic carboxylic acids is 1. The lowest BCUT2D eigenvalue weighted by Crippen LogP contribution is -2.32. The number of alkyl halides is 1. The van der Waals surface area contributed by atoms with E-state index in [1.165, 1.54) is 12.1 Å². The maximum Gasteiger partial charge on any atom is 0.344 e. The number of hydrogen-bond donors (Lipinski definition) is 2. The van der Waals surface area contributed by atoms with Crippen LogP contribution in [-0.4, -0.2) is 34.5 Å². The van der Waals surface area contributed by atoms with Gasteiger partial charge in [-0.2, -0.15) is 5.01 Å². The van der Waals surface area contributed by atoms with Gasteiger partial charge in [-0.15, -0.1) is 16.5 Å². The van der Waals surface area contributed by atoms with Crippen molar-refractivity contribution < 1.29 is 14.7 Å². The fraction of sp³-hybridized carbons (Fsp3) is 0.333. The first-order valence-electron chi connectivity index (χ1n) is 5.73. The molecule has 0 saturated carbocycles. The highest BCUT2D eigenvalue weighted by Crippen LogP contribution is 2.22. The topological polar surface area (TPSA) is 99.1 Å². The molecule has 1 rings (SSSR count).